The predicted octanol–water partition coefficient (Wildman–Crippen LogP) is 4.74. The van der Waals surface area contributed by atoms with Gasteiger partial charge in [-0.2, -0.15) is 11.8 Å². The van der Waals surface area contributed by atoms with Gasteiger partial charge in [0.2, 0.25) is 5.91 Å². The van der Waals surface area contributed by atoms with Gasteiger partial charge >= 0.3 is 0 Å². The molecule has 2 aromatic carbocycles. The van der Waals surface area contributed by atoms with Gasteiger partial charge in [0.25, 0.3) is 0 Å². The van der Waals surface area contributed by atoms with Crippen LogP contribution in [0.1, 0.15) is 24.0 Å². The van der Waals surface area contributed by atoms with E-state index in [-0.39, 0.29) is 17.6 Å². The second-order valence-corrected chi connectivity index (χ2v) is 8.71. The zero-order valence-corrected chi connectivity index (χ0v) is 17.4. The number of carbonyl (C=O) groups excluding carboxylic acids is 1. The molecule has 1 heterocycles. The molecule has 3 nitrogen and oxygen atoms in total. The highest BCUT2D eigenvalue weighted by atomic mass is 35.5. The Hall–Kier alpha value is -1.56. The summed E-state index contributed by atoms with van der Waals surface area (Å²) in [6.45, 7) is 3.20. The van der Waals surface area contributed by atoms with Gasteiger partial charge in [-0.25, -0.2) is 4.39 Å². The van der Waals surface area contributed by atoms with Crippen LogP contribution in [0.3, 0.4) is 0 Å². The van der Waals surface area contributed by atoms with Crippen molar-refractivity contribution in [3.8, 4) is 0 Å². The quantitative estimate of drug-likeness (QED) is 0.626. The molecule has 0 aromatic heterocycles. The molecular weight excluding hydrogens is 395 g/mol. The van der Waals surface area contributed by atoms with Gasteiger partial charge in [-0.15, -0.1) is 0 Å². The van der Waals surface area contributed by atoms with Gasteiger partial charge in [0.1, 0.15) is 5.82 Å². The largest absolute Gasteiger partial charge is 0.355 e. The predicted molar refractivity (Wildman–Crippen MR) is 115 cm³/mol. The number of hydrogen-bond donors (Lipinski definition) is 1. The summed E-state index contributed by atoms with van der Waals surface area (Å²) in [5.41, 5.74) is 2.32. The molecule has 0 unspecified atom stereocenters. The third kappa shape index (κ3) is 6.80. The molecule has 6 heteroatoms. The molecular formula is C22H26ClFN2OS. The molecule has 1 saturated heterocycles. The topological polar surface area (TPSA) is 32.3 Å². The lowest BCUT2D eigenvalue weighted by Gasteiger charge is -2.32. The van der Waals surface area contributed by atoms with Gasteiger partial charge in [-0.05, 0) is 54.8 Å². The number of halogens is 2. The van der Waals surface area contributed by atoms with Crippen molar-refractivity contribution < 1.29 is 9.18 Å². The number of thioether (sulfide) groups is 1. The summed E-state index contributed by atoms with van der Waals surface area (Å²) >= 11 is 7.70. The van der Waals surface area contributed by atoms with Crippen LogP contribution in [0.2, 0.25) is 5.02 Å². The average molecular weight is 421 g/mol. The molecule has 1 atom stereocenters. The highest BCUT2D eigenvalue weighted by Gasteiger charge is 2.25. The van der Waals surface area contributed by atoms with Crippen molar-refractivity contribution in [3.63, 3.8) is 0 Å². The van der Waals surface area contributed by atoms with Gasteiger partial charge < -0.3 is 5.32 Å². The Labute approximate surface area is 175 Å². The van der Waals surface area contributed by atoms with Gasteiger partial charge in [0.05, 0.1) is 5.92 Å². The molecule has 0 aliphatic carbocycles. The molecule has 2 aromatic rings. The lowest BCUT2D eigenvalue weighted by molar-refractivity contribution is -0.126. The molecule has 0 saturated carbocycles. The molecule has 1 N–H and O–H groups in total. The van der Waals surface area contributed by atoms with Crippen LogP contribution in [0.5, 0.6) is 0 Å². The Morgan fingerprint density at radius 3 is 2.61 bits per heavy atom. The van der Waals surface area contributed by atoms with E-state index in [2.05, 4.69) is 10.2 Å². The average Bonchev–Trinajstić information content (AvgIpc) is 2.71. The fourth-order valence-corrected chi connectivity index (χ4v) is 4.37. The van der Waals surface area contributed by atoms with E-state index >= 15 is 0 Å². The van der Waals surface area contributed by atoms with Crippen molar-refractivity contribution in [3.05, 3.63) is 70.5 Å². The molecule has 0 spiro atoms. The maximum Gasteiger partial charge on any atom is 0.224 e. The number of likely N-dealkylation sites (tertiary alicyclic amines) is 1. The van der Waals surface area contributed by atoms with E-state index in [1.54, 1.807) is 11.8 Å². The lowest BCUT2D eigenvalue weighted by atomic mass is 9.96. The van der Waals surface area contributed by atoms with E-state index in [9.17, 15) is 9.18 Å². The van der Waals surface area contributed by atoms with Crippen LogP contribution in [0, 0.1) is 11.7 Å². The number of rotatable bonds is 8. The lowest BCUT2D eigenvalue weighted by Crippen LogP contribution is -2.43. The van der Waals surface area contributed by atoms with Crippen LogP contribution in [0.4, 0.5) is 4.39 Å². The minimum atomic E-state index is -0.214. The summed E-state index contributed by atoms with van der Waals surface area (Å²) in [7, 11) is 0. The van der Waals surface area contributed by atoms with Crippen molar-refractivity contribution in [2.24, 2.45) is 5.92 Å². The number of hydrogen-bond acceptors (Lipinski definition) is 3. The van der Waals surface area contributed by atoms with Gasteiger partial charge in [0, 0.05) is 36.2 Å². The van der Waals surface area contributed by atoms with Gasteiger partial charge in [0.15, 0.2) is 0 Å². The third-order valence-electron chi connectivity index (χ3n) is 4.92. The van der Waals surface area contributed by atoms with Crippen LogP contribution in [-0.4, -0.2) is 36.2 Å². The van der Waals surface area contributed by atoms with E-state index in [4.69, 9.17) is 11.6 Å². The summed E-state index contributed by atoms with van der Waals surface area (Å²) in [4.78, 5) is 14.8. The van der Waals surface area contributed by atoms with E-state index in [0.29, 0.717) is 6.54 Å². The Balaban J connectivity index is 1.35. The third-order valence-corrected chi connectivity index (χ3v) is 6.21. The van der Waals surface area contributed by atoms with Crippen molar-refractivity contribution in [2.75, 3.05) is 25.4 Å². The fraction of sp³-hybridized carbons (Fsp3) is 0.409. The fourth-order valence-electron chi connectivity index (χ4n) is 3.42. The number of nitrogens with zero attached hydrogens (tertiary/aromatic N) is 1. The number of amides is 1. The molecule has 3 rings (SSSR count). The Bertz CT molecular complexity index is 754. The Morgan fingerprint density at radius 2 is 1.86 bits per heavy atom. The first-order valence-corrected chi connectivity index (χ1v) is 11.2. The molecule has 1 fully saturated rings. The second-order valence-electron chi connectivity index (χ2n) is 7.17. The Kier molecular flexibility index (Phi) is 8.19. The Morgan fingerprint density at radius 1 is 1.14 bits per heavy atom. The molecule has 1 amide bonds. The summed E-state index contributed by atoms with van der Waals surface area (Å²) < 4.78 is 13.0. The summed E-state index contributed by atoms with van der Waals surface area (Å²) in [6.07, 6.45) is 1.95. The van der Waals surface area contributed by atoms with E-state index in [0.717, 1.165) is 54.6 Å². The molecule has 150 valence electrons. The van der Waals surface area contributed by atoms with Crippen molar-refractivity contribution in [2.45, 2.75) is 25.1 Å². The van der Waals surface area contributed by atoms with Gasteiger partial charge in [-0.3, -0.25) is 9.69 Å². The van der Waals surface area contributed by atoms with Crippen LogP contribution < -0.4 is 5.32 Å². The summed E-state index contributed by atoms with van der Waals surface area (Å²) in [5, 5.41) is 3.83. The van der Waals surface area contributed by atoms with Crippen LogP contribution in [0.15, 0.2) is 48.5 Å². The zero-order chi connectivity index (χ0) is 19.8. The molecule has 28 heavy (non-hydrogen) atoms. The minimum Gasteiger partial charge on any atom is -0.355 e. The maximum atomic E-state index is 13.0. The van der Waals surface area contributed by atoms with Crippen molar-refractivity contribution in [1.82, 2.24) is 10.2 Å². The first-order chi connectivity index (χ1) is 13.6. The first-order valence-electron chi connectivity index (χ1n) is 9.67. The van der Waals surface area contributed by atoms with Crippen molar-refractivity contribution in [1.29, 1.82) is 0 Å². The van der Waals surface area contributed by atoms with E-state index in [1.165, 1.54) is 17.7 Å². The molecule has 0 radical (unpaired) electrons. The maximum absolute atomic E-state index is 13.0. The number of piperidine rings is 1. The number of benzene rings is 2. The van der Waals surface area contributed by atoms with Crippen LogP contribution >= 0.6 is 23.4 Å². The van der Waals surface area contributed by atoms with E-state index in [1.807, 2.05) is 36.4 Å². The van der Waals surface area contributed by atoms with Crippen LogP contribution in [-0.2, 0) is 17.1 Å². The molecule has 1 aliphatic heterocycles. The van der Waals surface area contributed by atoms with Crippen molar-refractivity contribution >= 4 is 29.3 Å². The van der Waals surface area contributed by atoms with Crippen LogP contribution in [0.25, 0.3) is 0 Å². The second kappa shape index (κ2) is 10.8. The zero-order valence-electron chi connectivity index (χ0n) is 15.9. The normalized spacial score (nSPS) is 17.4. The van der Waals surface area contributed by atoms with E-state index < -0.39 is 0 Å². The summed E-state index contributed by atoms with van der Waals surface area (Å²) in [5.74, 6) is 1.78. The minimum absolute atomic E-state index is 0.0375. The summed E-state index contributed by atoms with van der Waals surface area (Å²) in [6, 6.07) is 14.5. The smallest absolute Gasteiger partial charge is 0.224 e. The standard InChI is InChI=1S/C22H26ClFN2OS/c23-20-7-3-18(4-8-20)16-28-13-11-25-22(27)19-2-1-12-26(15-19)14-17-5-9-21(24)10-6-17/h3-10,19H,1-2,11-16H2,(H,25,27)/t19-/m1/s1. The highest BCUT2D eigenvalue weighted by molar-refractivity contribution is 7.98. The highest BCUT2D eigenvalue weighted by Crippen LogP contribution is 2.19. The van der Waals surface area contributed by atoms with Gasteiger partial charge in [-0.1, -0.05) is 35.9 Å². The molecule has 1 aliphatic rings. The number of carbonyl (C=O) groups is 1. The SMILES string of the molecule is O=C(NCCSCc1ccc(Cl)cc1)[C@@H]1CCCN(Cc2ccc(F)cc2)C1. The monoisotopic (exact) mass is 420 g/mol. The first kappa shape index (κ1) is 21.2. The number of nitrogens with one attached hydrogen (secondary N) is 1. The molecule has 0 bridgehead atoms.